The van der Waals surface area contributed by atoms with E-state index in [0.29, 0.717) is 19.7 Å². The fraction of sp³-hybridized carbons (Fsp3) is 0.882. The summed E-state index contributed by atoms with van der Waals surface area (Å²) in [6.07, 6.45) is 2.47. The number of rotatable bonds is 5. The number of hydrogen-bond acceptors (Lipinski definition) is 5. The Morgan fingerprint density at radius 1 is 1.29 bits per heavy atom. The number of likely N-dealkylation sites (tertiary alicyclic amines) is 1. The number of amides is 2. The van der Waals surface area contributed by atoms with Crippen LogP contribution in [0.15, 0.2) is 0 Å². The van der Waals surface area contributed by atoms with Crippen LogP contribution in [0.2, 0.25) is 0 Å². The van der Waals surface area contributed by atoms with Crippen molar-refractivity contribution in [1.29, 1.82) is 0 Å². The van der Waals surface area contributed by atoms with Gasteiger partial charge in [-0.05, 0) is 47.0 Å². The molecule has 0 aromatic carbocycles. The molecular formula is C17H30N2O5. The first-order chi connectivity index (χ1) is 11.2. The molecule has 138 valence electrons. The molecule has 7 heteroatoms. The van der Waals surface area contributed by atoms with Crippen LogP contribution in [0, 0.1) is 0 Å². The molecular weight excluding hydrogens is 312 g/mol. The van der Waals surface area contributed by atoms with Crippen molar-refractivity contribution in [3.05, 3.63) is 0 Å². The van der Waals surface area contributed by atoms with Crippen molar-refractivity contribution < 1.29 is 23.8 Å². The molecule has 0 saturated carbocycles. The van der Waals surface area contributed by atoms with Crippen molar-refractivity contribution in [2.75, 3.05) is 26.3 Å². The normalized spacial score (nSPS) is 23.3. The van der Waals surface area contributed by atoms with Gasteiger partial charge < -0.3 is 24.4 Å². The molecule has 0 aromatic rings. The quantitative estimate of drug-likeness (QED) is 0.823. The third-order valence-corrected chi connectivity index (χ3v) is 4.05. The molecule has 7 nitrogen and oxygen atoms in total. The minimum Gasteiger partial charge on any atom is -0.444 e. The van der Waals surface area contributed by atoms with Crippen LogP contribution < -0.4 is 5.32 Å². The van der Waals surface area contributed by atoms with E-state index in [4.69, 9.17) is 14.2 Å². The topological polar surface area (TPSA) is 77.1 Å². The van der Waals surface area contributed by atoms with Gasteiger partial charge in [0.05, 0.1) is 18.8 Å². The van der Waals surface area contributed by atoms with Gasteiger partial charge in [0.2, 0.25) is 5.91 Å². The minimum atomic E-state index is -0.522. The molecule has 0 spiro atoms. The molecule has 2 heterocycles. The molecule has 0 radical (unpaired) electrons. The van der Waals surface area contributed by atoms with Gasteiger partial charge in [0.25, 0.3) is 0 Å². The highest BCUT2D eigenvalue weighted by Gasteiger charge is 2.35. The van der Waals surface area contributed by atoms with Crippen LogP contribution >= 0.6 is 0 Å². The molecule has 2 aliphatic rings. The molecule has 0 bridgehead atoms. The van der Waals surface area contributed by atoms with Gasteiger partial charge in [0, 0.05) is 19.7 Å². The van der Waals surface area contributed by atoms with Crippen LogP contribution in [0.25, 0.3) is 0 Å². The maximum Gasteiger partial charge on any atom is 0.410 e. The molecule has 2 saturated heterocycles. The Morgan fingerprint density at radius 2 is 2.00 bits per heavy atom. The van der Waals surface area contributed by atoms with Gasteiger partial charge in [-0.25, -0.2) is 4.79 Å². The summed E-state index contributed by atoms with van der Waals surface area (Å²) in [5.41, 5.74) is -0.505. The first-order valence-electron chi connectivity index (χ1n) is 8.76. The summed E-state index contributed by atoms with van der Waals surface area (Å²) in [4.78, 5) is 25.5. The molecule has 2 rings (SSSR count). The number of hydrogen-bond donors (Lipinski definition) is 1. The fourth-order valence-electron chi connectivity index (χ4n) is 2.63. The third-order valence-electron chi connectivity index (χ3n) is 4.05. The standard InChI is InChI=1S/C17H30N2O5/c1-12(23-11-14-7-5-6-8-22-14)15(20)18-13-9-19(10-13)16(21)24-17(2,3)4/h12-14H,5-11H2,1-4H3,(H,18,20). The third kappa shape index (κ3) is 5.94. The summed E-state index contributed by atoms with van der Waals surface area (Å²) >= 11 is 0. The Hall–Kier alpha value is -1.34. The summed E-state index contributed by atoms with van der Waals surface area (Å²) in [5.74, 6) is -0.153. The van der Waals surface area contributed by atoms with Crippen LogP contribution in [0.1, 0.15) is 47.0 Å². The number of carbonyl (C=O) groups is 2. The monoisotopic (exact) mass is 342 g/mol. The first kappa shape index (κ1) is 19.0. The van der Waals surface area contributed by atoms with Gasteiger partial charge in [-0.15, -0.1) is 0 Å². The number of nitrogens with zero attached hydrogens (tertiary/aromatic N) is 1. The lowest BCUT2D eigenvalue weighted by molar-refractivity contribution is -0.137. The Labute approximate surface area is 144 Å². The molecule has 2 amide bonds. The maximum atomic E-state index is 12.1. The van der Waals surface area contributed by atoms with E-state index in [1.165, 1.54) is 0 Å². The zero-order valence-electron chi connectivity index (χ0n) is 15.2. The van der Waals surface area contributed by atoms with Crippen LogP contribution in [-0.4, -0.2) is 67.1 Å². The number of ether oxygens (including phenoxy) is 3. The van der Waals surface area contributed by atoms with Crippen molar-refractivity contribution in [1.82, 2.24) is 10.2 Å². The minimum absolute atomic E-state index is 0.0398. The summed E-state index contributed by atoms with van der Waals surface area (Å²) in [6.45, 7) is 9.40. The average molecular weight is 342 g/mol. The molecule has 2 unspecified atom stereocenters. The smallest absolute Gasteiger partial charge is 0.410 e. The Morgan fingerprint density at radius 3 is 2.58 bits per heavy atom. The second kappa shape index (κ2) is 8.16. The average Bonchev–Trinajstić information content (AvgIpc) is 2.46. The van der Waals surface area contributed by atoms with Crippen LogP contribution in [0.3, 0.4) is 0 Å². The lowest BCUT2D eigenvalue weighted by atomic mass is 10.1. The van der Waals surface area contributed by atoms with Gasteiger partial charge in [0.15, 0.2) is 0 Å². The second-order valence-corrected chi connectivity index (χ2v) is 7.55. The molecule has 2 atom stereocenters. The lowest BCUT2D eigenvalue weighted by Crippen LogP contribution is -2.62. The van der Waals surface area contributed by atoms with Crippen molar-refractivity contribution in [2.45, 2.75) is 70.8 Å². The van der Waals surface area contributed by atoms with Gasteiger partial charge in [0.1, 0.15) is 11.7 Å². The van der Waals surface area contributed by atoms with Crippen LogP contribution in [-0.2, 0) is 19.0 Å². The van der Waals surface area contributed by atoms with E-state index in [2.05, 4.69) is 5.32 Å². The Kier molecular flexibility index (Phi) is 6.46. The fourth-order valence-corrected chi connectivity index (χ4v) is 2.63. The van der Waals surface area contributed by atoms with Gasteiger partial charge >= 0.3 is 6.09 Å². The second-order valence-electron chi connectivity index (χ2n) is 7.55. The van der Waals surface area contributed by atoms with Crippen LogP contribution in [0.4, 0.5) is 4.79 Å². The maximum absolute atomic E-state index is 12.1. The van der Waals surface area contributed by atoms with Gasteiger partial charge in [-0.3, -0.25) is 4.79 Å². The number of carbonyl (C=O) groups excluding carboxylic acids is 2. The van der Waals surface area contributed by atoms with Crippen molar-refractivity contribution >= 4 is 12.0 Å². The van der Waals surface area contributed by atoms with E-state index < -0.39 is 11.7 Å². The highest BCUT2D eigenvalue weighted by molar-refractivity contribution is 5.81. The molecule has 0 aromatic heterocycles. The van der Waals surface area contributed by atoms with Gasteiger partial charge in [-0.2, -0.15) is 0 Å². The summed E-state index contributed by atoms with van der Waals surface area (Å²) in [6, 6.07) is -0.0398. The Balaban J connectivity index is 1.62. The van der Waals surface area contributed by atoms with E-state index in [-0.39, 0.29) is 24.1 Å². The van der Waals surface area contributed by atoms with E-state index in [0.717, 1.165) is 25.9 Å². The predicted octanol–water partition coefficient (Wildman–Crippen LogP) is 1.70. The summed E-state index contributed by atoms with van der Waals surface area (Å²) in [5, 5.41) is 2.90. The predicted molar refractivity (Wildman–Crippen MR) is 88.7 cm³/mol. The molecule has 0 aliphatic carbocycles. The van der Waals surface area contributed by atoms with Crippen molar-refractivity contribution in [3.63, 3.8) is 0 Å². The van der Waals surface area contributed by atoms with E-state index in [1.54, 1.807) is 11.8 Å². The zero-order valence-corrected chi connectivity index (χ0v) is 15.2. The molecule has 24 heavy (non-hydrogen) atoms. The van der Waals surface area contributed by atoms with Crippen molar-refractivity contribution in [3.8, 4) is 0 Å². The number of nitrogens with one attached hydrogen (secondary N) is 1. The zero-order chi connectivity index (χ0) is 17.7. The van der Waals surface area contributed by atoms with Gasteiger partial charge in [-0.1, -0.05) is 0 Å². The van der Waals surface area contributed by atoms with E-state index in [9.17, 15) is 9.59 Å². The molecule has 2 fully saturated rings. The van der Waals surface area contributed by atoms with Crippen molar-refractivity contribution in [2.24, 2.45) is 0 Å². The van der Waals surface area contributed by atoms with E-state index >= 15 is 0 Å². The summed E-state index contributed by atoms with van der Waals surface area (Å²) in [7, 11) is 0. The SMILES string of the molecule is CC(OCC1CCCCO1)C(=O)NC1CN(C(=O)OC(C)(C)C)C1. The molecule has 1 N–H and O–H groups in total. The van der Waals surface area contributed by atoms with E-state index in [1.807, 2.05) is 20.8 Å². The largest absolute Gasteiger partial charge is 0.444 e. The first-order valence-corrected chi connectivity index (χ1v) is 8.76. The molecule has 2 aliphatic heterocycles. The van der Waals surface area contributed by atoms with Crippen LogP contribution in [0.5, 0.6) is 0 Å². The Bertz CT molecular complexity index is 437. The highest BCUT2D eigenvalue weighted by Crippen LogP contribution is 2.16. The lowest BCUT2D eigenvalue weighted by Gasteiger charge is -2.40. The highest BCUT2D eigenvalue weighted by atomic mass is 16.6. The summed E-state index contributed by atoms with van der Waals surface area (Å²) < 4.78 is 16.5.